The summed E-state index contributed by atoms with van der Waals surface area (Å²) < 4.78 is 24.5. The minimum Gasteiger partial charge on any atom is -0.305 e. The predicted molar refractivity (Wildman–Crippen MR) is 125 cm³/mol. The SMILES string of the molecule is CCOP(=O)(OCC)c1ccc(-c2ccc(-c3ccc(-c4ccccn4)nc3)s2)s1. The smallest absolute Gasteiger partial charge is 0.305 e. The van der Waals surface area contributed by atoms with E-state index in [-0.39, 0.29) is 0 Å². The Bertz CT molecular complexity index is 1150. The van der Waals surface area contributed by atoms with Crippen LogP contribution < -0.4 is 4.62 Å². The summed E-state index contributed by atoms with van der Waals surface area (Å²) in [4.78, 5) is 12.2. The third-order valence-electron chi connectivity index (χ3n) is 4.28. The van der Waals surface area contributed by atoms with Crippen LogP contribution in [0.15, 0.2) is 67.0 Å². The Kier molecular flexibility index (Phi) is 6.56. The van der Waals surface area contributed by atoms with E-state index in [0.29, 0.717) is 17.8 Å². The van der Waals surface area contributed by atoms with Crippen molar-refractivity contribution in [3.63, 3.8) is 0 Å². The first kappa shape index (κ1) is 21.1. The summed E-state index contributed by atoms with van der Waals surface area (Å²) in [5, 5.41) is 0. The number of pyridine rings is 2. The van der Waals surface area contributed by atoms with Crippen molar-refractivity contribution in [2.24, 2.45) is 0 Å². The van der Waals surface area contributed by atoms with Crippen molar-refractivity contribution in [2.45, 2.75) is 13.8 Å². The normalized spacial score (nSPS) is 11.7. The van der Waals surface area contributed by atoms with E-state index in [1.807, 2.05) is 56.4 Å². The summed E-state index contributed by atoms with van der Waals surface area (Å²) in [6.07, 6.45) is 3.64. The molecule has 0 saturated heterocycles. The van der Waals surface area contributed by atoms with Gasteiger partial charge in [0, 0.05) is 32.6 Å². The van der Waals surface area contributed by atoms with Crippen molar-refractivity contribution in [1.29, 1.82) is 0 Å². The average Bonchev–Trinajstić information content (AvgIpc) is 3.45. The Morgan fingerprint density at radius 3 is 2.17 bits per heavy atom. The minimum atomic E-state index is -3.25. The third-order valence-corrected chi connectivity index (χ3v) is 9.33. The molecular formula is C22H21N2O3PS2. The highest BCUT2D eigenvalue weighted by molar-refractivity contribution is 7.69. The van der Waals surface area contributed by atoms with Crippen molar-refractivity contribution >= 4 is 34.9 Å². The molecular weight excluding hydrogens is 435 g/mol. The standard InChI is InChI=1S/C22H21N2O3PS2/c1-3-26-28(25,27-4-2)22-13-12-21(30-22)20-11-10-19(29-20)16-8-9-18(24-15-16)17-7-5-6-14-23-17/h5-15H,3-4H2,1-2H3. The van der Waals surface area contributed by atoms with Crippen LogP contribution in [0.4, 0.5) is 0 Å². The average molecular weight is 457 g/mol. The summed E-state index contributed by atoms with van der Waals surface area (Å²) in [7, 11) is -3.25. The van der Waals surface area contributed by atoms with Crippen LogP contribution >= 0.6 is 30.3 Å². The molecule has 0 spiro atoms. The Balaban J connectivity index is 1.56. The van der Waals surface area contributed by atoms with Crippen LogP contribution in [-0.4, -0.2) is 23.2 Å². The Labute approximate surface area is 183 Å². The second kappa shape index (κ2) is 9.33. The highest BCUT2D eigenvalue weighted by Crippen LogP contribution is 2.50. The van der Waals surface area contributed by atoms with Gasteiger partial charge in [-0.05, 0) is 62.4 Å². The van der Waals surface area contributed by atoms with Crippen LogP contribution in [0, 0.1) is 0 Å². The zero-order valence-corrected chi connectivity index (χ0v) is 19.2. The highest BCUT2D eigenvalue weighted by Gasteiger charge is 2.29. The molecule has 8 heteroatoms. The molecule has 0 bridgehead atoms. The van der Waals surface area contributed by atoms with E-state index in [1.165, 1.54) is 11.3 Å². The quantitative estimate of drug-likeness (QED) is 0.284. The fourth-order valence-corrected chi connectivity index (χ4v) is 7.10. The molecule has 0 aliphatic rings. The lowest BCUT2D eigenvalue weighted by Crippen LogP contribution is -2.06. The molecule has 0 N–H and O–H groups in total. The van der Waals surface area contributed by atoms with Gasteiger partial charge in [0.1, 0.15) is 4.62 Å². The van der Waals surface area contributed by atoms with E-state index in [0.717, 1.165) is 31.6 Å². The molecule has 0 aliphatic heterocycles. The van der Waals surface area contributed by atoms with Gasteiger partial charge in [0.15, 0.2) is 0 Å². The number of aromatic nitrogens is 2. The second-order valence-corrected chi connectivity index (χ2v) is 10.7. The van der Waals surface area contributed by atoms with E-state index in [9.17, 15) is 4.57 Å². The lowest BCUT2D eigenvalue weighted by molar-refractivity contribution is 0.230. The zero-order chi connectivity index (χ0) is 21.0. The van der Waals surface area contributed by atoms with Crippen LogP contribution in [0.25, 0.3) is 31.6 Å². The molecule has 30 heavy (non-hydrogen) atoms. The van der Waals surface area contributed by atoms with Gasteiger partial charge in [0.25, 0.3) is 0 Å². The molecule has 0 atom stereocenters. The van der Waals surface area contributed by atoms with Gasteiger partial charge in [0.2, 0.25) is 0 Å². The van der Waals surface area contributed by atoms with E-state index in [1.54, 1.807) is 17.5 Å². The maximum atomic E-state index is 13.0. The third kappa shape index (κ3) is 4.46. The van der Waals surface area contributed by atoms with Gasteiger partial charge in [-0.15, -0.1) is 22.7 Å². The number of thiophene rings is 2. The maximum Gasteiger partial charge on any atom is 0.371 e. The molecule has 0 aromatic carbocycles. The van der Waals surface area contributed by atoms with Gasteiger partial charge in [-0.2, -0.15) is 0 Å². The van der Waals surface area contributed by atoms with Gasteiger partial charge >= 0.3 is 7.60 Å². The second-order valence-electron chi connectivity index (χ2n) is 6.28. The zero-order valence-electron chi connectivity index (χ0n) is 16.6. The molecule has 4 aromatic heterocycles. The van der Waals surface area contributed by atoms with Gasteiger partial charge in [-0.3, -0.25) is 14.5 Å². The summed E-state index contributed by atoms with van der Waals surface area (Å²) in [6.45, 7) is 4.32. The van der Waals surface area contributed by atoms with Crippen molar-refractivity contribution in [2.75, 3.05) is 13.2 Å². The summed E-state index contributed by atoms with van der Waals surface area (Å²) >= 11 is 3.13. The lowest BCUT2D eigenvalue weighted by Gasteiger charge is -2.14. The Morgan fingerprint density at radius 1 is 0.800 bits per heavy atom. The first-order valence-electron chi connectivity index (χ1n) is 9.60. The summed E-state index contributed by atoms with van der Waals surface area (Å²) in [5.74, 6) is 0. The Hall–Kier alpha value is -2.15. The summed E-state index contributed by atoms with van der Waals surface area (Å²) in [6, 6.07) is 17.8. The molecule has 0 aliphatic carbocycles. The van der Waals surface area contributed by atoms with Crippen LogP contribution in [0.1, 0.15) is 13.8 Å². The maximum absolute atomic E-state index is 13.0. The first-order chi connectivity index (χ1) is 14.6. The number of nitrogens with zero attached hydrogens (tertiary/aromatic N) is 2. The van der Waals surface area contributed by atoms with Crippen molar-refractivity contribution in [1.82, 2.24) is 9.97 Å². The fourth-order valence-electron chi connectivity index (χ4n) is 2.94. The van der Waals surface area contributed by atoms with Crippen molar-refractivity contribution < 1.29 is 13.6 Å². The molecule has 0 amide bonds. The first-order valence-corrected chi connectivity index (χ1v) is 12.8. The van der Waals surface area contributed by atoms with E-state index >= 15 is 0 Å². The molecule has 4 aromatic rings. The molecule has 0 fully saturated rings. The molecule has 154 valence electrons. The minimum absolute atomic E-state index is 0.342. The number of hydrogen-bond donors (Lipinski definition) is 0. The van der Waals surface area contributed by atoms with E-state index in [4.69, 9.17) is 9.05 Å². The lowest BCUT2D eigenvalue weighted by atomic mass is 10.2. The molecule has 0 radical (unpaired) electrons. The topological polar surface area (TPSA) is 61.3 Å². The van der Waals surface area contributed by atoms with Gasteiger partial charge in [-0.1, -0.05) is 6.07 Å². The Morgan fingerprint density at radius 2 is 1.50 bits per heavy atom. The van der Waals surface area contributed by atoms with Crippen LogP contribution in [-0.2, 0) is 13.6 Å². The molecule has 4 rings (SSSR count). The monoisotopic (exact) mass is 456 g/mol. The van der Waals surface area contributed by atoms with Gasteiger partial charge in [-0.25, -0.2) is 0 Å². The van der Waals surface area contributed by atoms with Crippen molar-refractivity contribution in [3.05, 3.63) is 67.0 Å². The predicted octanol–water partition coefficient (Wildman–Crippen LogP) is 6.49. The van der Waals surface area contributed by atoms with Crippen LogP contribution in [0.3, 0.4) is 0 Å². The molecule has 0 saturated carbocycles. The van der Waals surface area contributed by atoms with Gasteiger partial charge < -0.3 is 9.05 Å². The number of rotatable bonds is 8. The fraction of sp³-hybridized carbons (Fsp3) is 0.182. The van der Waals surface area contributed by atoms with Gasteiger partial charge in [0.05, 0.1) is 24.6 Å². The van der Waals surface area contributed by atoms with E-state index in [2.05, 4.69) is 28.2 Å². The van der Waals surface area contributed by atoms with Crippen LogP contribution in [0.5, 0.6) is 0 Å². The molecule has 4 heterocycles. The largest absolute Gasteiger partial charge is 0.371 e. The highest BCUT2D eigenvalue weighted by atomic mass is 32.1. The van der Waals surface area contributed by atoms with Crippen LogP contribution in [0.2, 0.25) is 0 Å². The molecule has 5 nitrogen and oxygen atoms in total. The van der Waals surface area contributed by atoms with Crippen molar-refractivity contribution in [3.8, 4) is 31.6 Å². The van der Waals surface area contributed by atoms with E-state index < -0.39 is 7.60 Å². The number of hydrogen-bond acceptors (Lipinski definition) is 7. The molecule has 0 unspecified atom stereocenters. The summed E-state index contributed by atoms with van der Waals surface area (Å²) in [5.41, 5.74) is 2.76.